The molecule has 0 spiro atoms. The second-order valence-electron chi connectivity index (χ2n) is 9.10. The molecule has 0 radical (unpaired) electrons. The summed E-state index contributed by atoms with van der Waals surface area (Å²) in [5, 5.41) is 0. The van der Waals surface area contributed by atoms with Crippen LogP contribution in [0.1, 0.15) is 63.5 Å². The van der Waals surface area contributed by atoms with Gasteiger partial charge in [0.2, 0.25) is 11.8 Å². The minimum absolute atomic E-state index is 0.0673. The third kappa shape index (κ3) is 7.05. The Balaban J connectivity index is 1.46. The average molecular weight is 473 g/mol. The second kappa shape index (κ2) is 12.5. The first-order valence-electron chi connectivity index (χ1n) is 12.4. The van der Waals surface area contributed by atoms with Crippen molar-refractivity contribution >= 4 is 23.8 Å². The van der Waals surface area contributed by atoms with Crippen molar-refractivity contribution in [3.8, 4) is 0 Å². The smallest absolute Gasteiger partial charge is 0.311 e. The molecule has 186 valence electrons. The van der Waals surface area contributed by atoms with Gasteiger partial charge in [-0.25, -0.2) is 0 Å². The molecule has 8 nitrogen and oxygen atoms in total. The molecule has 0 saturated carbocycles. The maximum atomic E-state index is 12.5. The van der Waals surface area contributed by atoms with Crippen LogP contribution < -0.4 is 0 Å². The number of amides is 2. The maximum absolute atomic E-state index is 12.5. The molecule has 2 saturated heterocycles. The van der Waals surface area contributed by atoms with Crippen LogP contribution in [0.15, 0.2) is 24.3 Å². The van der Waals surface area contributed by atoms with Crippen LogP contribution >= 0.6 is 0 Å². The fourth-order valence-corrected chi connectivity index (χ4v) is 4.59. The molecule has 1 aromatic carbocycles. The normalized spacial score (nSPS) is 20.5. The summed E-state index contributed by atoms with van der Waals surface area (Å²) in [5.41, 5.74) is 1.63. The SMILES string of the molecule is CCC(=O)N1CCCC(C(=O)OCc2cccc(COC(=O)C3CCCN(C(=O)CC)C3)c2)C1. The van der Waals surface area contributed by atoms with Gasteiger partial charge in [0.15, 0.2) is 0 Å². The van der Waals surface area contributed by atoms with Crippen LogP contribution in [0.2, 0.25) is 0 Å². The van der Waals surface area contributed by atoms with Crippen LogP contribution in [0.25, 0.3) is 0 Å². The number of piperidine rings is 2. The number of likely N-dealkylation sites (tertiary alicyclic amines) is 2. The highest BCUT2D eigenvalue weighted by Gasteiger charge is 2.30. The highest BCUT2D eigenvalue weighted by Crippen LogP contribution is 2.21. The van der Waals surface area contributed by atoms with Crippen LogP contribution in [0.4, 0.5) is 0 Å². The van der Waals surface area contributed by atoms with Gasteiger partial charge in [-0.05, 0) is 42.9 Å². The number of benzene rings is 1. The summed E-state index contributed by atoms with van der Waals surface area (Å²) in [6.45, 7) is 6.16. The van der Waals surface area contributed by atoms with Crippen molar-refractivity contribution in [2.24, 2.45) is 11.8 Å². The van der Waals surface area contributed by atoms with E-state index in [-0.39, 0.29) is 48.8 Å². The van der Waals surface area contributed by atoms with Gasteiger partial charge in [0, 0.05) is 39.0 Å². The highest BCUT2D eigenvalue weighted by molar-refractivity contribution is 5.79. The van der Waals surface area contributed by atoms with Crippen molar-refractivity contribution in [2.75, 3.05) is 26.2 Å². The largest absolute Gasteiger partial charge is 0.461 e. The molecule has 8 heteroatoms. The Hall–Kier alpha value is -2.90. The number of rotatable bonds is 8. The minimum Gasteiger partial charge on any atom is -0.461 e. The molecule has 3 rings (SSSR count). The molecule has 0 N–H and O–H groups in total. The molecule has 0 aromatic heterocycles. The van der Waals surface area contributed by atoms with E-state index in [4.69, 9.17) is 9.47 Å². The Bertz CT molecular complexity index is 819. The van der Waals surface area contributed by atoms with Crippen molar-refractivity contribution in [2.45, 2.75) is 65.6 Å². The van der Waals surface area contributed by atoms with Gasteiger partial charge in [-0.3, -0.25) is 19.2 Å². The third-order valence-corrected chi connectivity index (χ3v) is 6.57. The van der Waals surface area contributed by atoms with Crippen molar-refractivity contribution in [3.05, 3.63) is 35.4 Å². The molecule has 0 aliphatic carbocycles. The lowest BCUT2D eigenvalue weighted by Crippen LogP contribution is -2.42. The van der Waals surface area contributed by atoms with Gasteiger partial charge in [0.1, 0.15) is 13.2 Å². The summed E-state index contributed by atoms with van der Waals surface area (Å²) in [6.07, 6.45) is 3.94. The summed E-state index contributed by atoms with van der Waals surface area (Å²) in [6, 6.07) is 7.43. The fourth-order valence-electron chi connectivity index (χ4n) is 4.59. The first-order valence-corrected chi connectivity index (χ1v) is 12.4. The number of nitrogens with zero attached hydrogens (tertiary/aromatic N) is 2. The van der Waals surface area contributed by atoms with Gasteiger partial charge in [-0.15, -0.1) is 0 Å². The van der Waals surface area contributed by atoms with E-state index in [2.05, 4.69) is 0 Å². The summed E-state index contributed by atoms with van der Waals surface area (Å²) in [5.74, 6) is -1.01. The Morgan fingerprint density at radius 1 is 0.794 bits per heavy atom. The number of carbonyl (C=O) groups excluding carboxylic acids is 4. The van der Waals surface area contributed by atoms with E-state index in [1.54, 1.807) is 9.80 Å². The molecule has 2 aliphatic rings. The number of esters is 2. The standard InChI is InChI=1S/C26H36N2O6/c1-3-23(29)27-12-6-10-21(15-27)25(31)33-17-19-8-5-9-20(14-19)18-34-26(32)22-11-7-13-28(16-22)24(30)4-2/h5,8-9,14,21-22H,3-4,6-7,10-13,15-18H2,1-2H3. The topological polar surface area (TPSA) is 93.2 Å². The number of ether oxygens (including phenoxy) is 2. The quantitative estimate of drug-likeness (QED) is 0.540. The van der Waals surface area contributed by atoms with Crippen LogP contribution in [-0.4, -0.2) is 59.7 Å². The van der Waals surface area contributed by atoms with Crippen molar-refractivity contribution < 1.29 is 28.7 Å². The number of hydrogen-bond donors (Lipinski definition) is 0. The number of hydrogen-bond acceptors (Lipinski definition) is 6. The van der Waals surface area contributed by atoms with Crippen molar-refractivity contribution in [3.63, 3.8) is 0 Å². The Morgan fingerprint density at radius 2 is 1.24 bits per heavy atom. The van der Waals surface area contributed by atoms with Crippen molar-refractivity contribution in [1.29, 1.82) is 0 Å². The molecule has 2 amide bonds. The van der Waals surface area contributed by atoms with Crippen LogP contribution in [0.3, 0.4) is 0 Å². The van der Waals surface area contributed by atoms with Gasteiger partial charge in [0.05, 0.1) is 11.8 Å². The molecule has 2 fully saturated rings. The lowest BCUT2D eigenvalue weighted by atomic mass is 9.98. The third-order valence-electron chi connectivity index (χ3n) is 6.57. The average Bonchev–Trinajstić information content (AvgIpc) is 2.89. The van der Waals surface area contributed by atoms with Crippen LogP contribution in [0.5, 0.6) is 0 Å². The molecular weight excluding hydrogens is 436 g/mol. The molecular formula is C26H36N2O6. The first-order chi connectivity index (χ1) is 16.4. The summed E-state index contributed by atoms with van der Waals surface area (Å²) in [7, 11) is 0. The zero-order chi connectivity index (χ0) is 24.5. The molecule has 2 aliphatic heterocycles. The monoisotopic (exact) mass is 472 g/mol. The lowest BCUT2D eigenvalue weighted by Gasteiger charge is -2.31. The molecule has 0 bridgehead atoms. The summed E-state index contributed by atoms with van der Waals surface area (Å²) in [4.78, 5) is 52.5. The van der Waals surface area contributed by atoms with Gasteiger partial charge >= 0.3 is 11.9 Å². The van der Waals surface area contributed by atoms with Crippen LogP contribution in [0, 0.1) is 11.8 Å². The van der Waals surface area contributed by atoms with Gasteiger partial charge in [0.25, 0.3) is 0 Å². The predicted octanol–water partition coefficient (Wildman–Crippen LogP) is 3.07. The molecule has 2 unspecified atom stereocenters. The van der Waals surface area contributed by atoms with E-state index in [0.717, 1.165) is 36.8 Å². The van der Waals surface area contributed by atoms with E-state index in [1.807, 2.05) is 38.1 Å². The van der Waals surface area contributed by atoms with E-state index in [0.29, 0.717) is 39.0 Å². The Kier molecular flexibility index (Phi) is 9.48. The van der Waals surface area contributed by atoms with Crippen molar-refractivity contribution in [1.82, 2.24) is 9.80 Å². The van der Waals surface area contributed by atoms with Gasteiger partial charge < -0.3 is 19.3 Å². The minimum atomic E-state index is -0.289. The predicted molar refractivity (Wildman–Crippen MR) is 125 cm³/mol. The zero-order valence-electron chi connectivity index (χ0n) is 20.3. The molecule has 34 heavy (non-hydrogen) atoms. The number of carbonyl (C=O) groups is 4. The van der Waals surface area contributed by atoms with E-state index in [1.165, 1.54) is 0 Å². The van der Waals surface area contributed by atoms with Crippen LogP contribution in [-0.2, 0) is 41.9 Å². The van der Waals surface area contributed by atoms with Gasteiger partial charge in [-0.2, -0.15) is 0 Å². The Labute approximate surface area is 201 Å². The summed E-state index contributed by atoms with van der Waals surface area (Å²) < 4.78 is 11.1. The first kappa shape index (κ1) is 25.7. The zero-order valence-corrected chi connectivity index (χ0v) is 20.3. The molecule has 2 atom stereocenters. The van der Waals surface area contributed by atoms with Gasteiger partial charge in [-0.1, -0.05) is 32.0 Å². The van der Waals surface area contributed by atoms with E-state index >= 15 is 0 Å². The molecule has 2 heterocycles. The highest BCUT2D eigenvalue weighted by atomic mass is 16.5. The lowest BCUT2D eigenvalue weighted by molar-refractivity contribution is -0.154. The van der Waals surface area contributed by atoms with E-state index in [9.17, 15) is 19.2 Å². The summed E-state index contributed by atoms with van der Waals surface area (Å²) >= 11 is 0. The Morgan fingerprint density at radius 3 is 1.65 bits per heavy atom. The second-order valence-corrected chi connectivity index (χ2v) is 9.10. The fraction of sp³-hybridized carbons (Fsp3) is 0.615. The maximum Gasteiger partial charge on any atom is 0.311 e. The van der Waals surface area contributed by atoms with E-state index < -0.39 is 0 Å². The molecule has 1 aromatic rings.